The van der Waals surface area contributed by atoms with Gasteiger partial charge in [-0.1, -0.05) is 12.1 Å². The molecule has 0 aliphatic carbocycles. The van der Waals surface area contributed by atoms with Crippen molar-refractivity contribution in [3.05, 3.63) is 53.1 Å². The lowest BCUT2D eigenvalue weighted by Gasteiger charge is -2.28. The molecular formula is C22H28ClN3O4. The van der Waals surface area contributed by atoms with E-state index >= 15 is 0 Å². The van der Waals surface area contributed by atoms with E-state index in [2.05, 4.69) is 5.32 Å². The minimum atomic E-state index is -0.312. The molecule has 0 aromatic heterocycles. The molecular weight excluding hydrogens is 406 g/mol. The molecule has 0 bridgehead atoms. The van der Waals surface area contributed by atoms with Crippen molar-refractivity contribution in [1.82, 2.24) is 4.90 Å². The third-order valence-corrected chi connectivity index (χ3v) is 5.10. The molecule has 162 valence electrons. The highest BCUT2D eigenvalue weighted by atomic mass is 35.5. The van der Waals surface area contributed by atoms with Gasteiger partial charge in [0.1, 0.15) is 0 Å². The zero-order valence-corrected chi connectivity index (χ0v) is 18.1. The van der Waals surface area contributed by atoms with Crippen LogP contribution in [0, 0.1) is 0 Å². The minimum Gasteiger partial charge on any atom is -0.493 e. The molecule has 3 rings (SSSR count). The van der Waals surface area contributed by atoms with Gasteiger partial charge >= 0.3 is 0 Å². The van der Waals surface area contributed by atoms with Crippen molar-refractivity contribution in [3.8, 4) is 11.5 Å². The zero-order chi connectivity index (χ0) is 20.8. The predicted octanol–water partition coefficient (Wildman–Crippen LogP) is 3.46. The van der Waals surface area contributed by atoms with Crippen molar-refractivity contribution in [2.24, 2.45) is 5.73 Å². The smallest absolute Gasteiger partial charge is 0.256 e. The van der Waals surface area contributed by atoms with Crippen LogP contribution in [0.5, 0.6) is 11.5 Å². The van der Waals surface area contributed by atoms with Gasteiger partial charge in [-0.3, -0.25) is 9.59 Å². The van der Waals surface area contributed by atoms with Crippen molar-refractivity contribution >= 4 is 29.9 Å². The van der Waals surface area contributed by atoms with Crippen molar-refractivity contribution in [3.63, 3.8) is 0 Å². The van der Waals surface area contributed by atoms with E-state index in [4.69, 9.17) is 15.2 Å². The van der Waals surface area contributed by atoms with Crippen LogP contribution in [-0.4, -0.2) is 44.0 Å². The van der Waals surface area contributed by atoms with Crippen LogP contribution < -0.4 is 20.5 Å². The first-order valence-corrected chi connectivity index (χ1v) is 9.73. The maximum atomic E-state index is 13.2. The van der Waals surface area contributed by atoms with E-state index in [0.29, 0.717) is 47.9 Å². The average Bonchev–Trinajstić information content (AvgIpc) is 2.78. The van der Waals surface area contributed by atoms with E-state index < -0.39 is 0 Å². The number of anilines is 1. The van der Waals surface area contributed by atoms with Crippen LogP contribution in [-0.2, 0) is 6.54 Å². The SMILES string of the molecule is COc1cc(NC(=O)c2ccc(CN)cc2)c(C(=O)N2CCCCC2)cc1OC.Cl. The molecule has 0 radical (unpaired) electrons. The van der Waals surface area contributed by atoms with Crippen LogP contribution in [0.15, 0.2) is 36.4 Å². The number of ether oxygens (including phenoxy) is 2. The molecule has 3 N–H and O–H groups in total. The number of rotatable bonds is 6. The van der Waals surface area contributed by atoms with Crippen LogP contribution in [0.1, 0.15) is 45.5 Å². The van der Waals surface area contributed by atoms with Gasteiger partial charge < -0.3 is 25.4 Å². The first-order chi connectivity index (χ1) is 14.1. The first kappa shape index (κ1) is 23.5. The Kier molecular flexibility index (Phi) is 8.50. The standard InChI is InChI=1S/C22H27N3O4.ClH/c1-28-19-12-17(22(27)25-10-4-3-5-11-25)18(13-20(19)29-2)24-21(26)16-8-6-15(14-23)7-9-16;/h6-9,12-13H,3-5,10-11,14,23H2,1-2H3,(H,24,26);1H. The van der Waals surface area contributed by atoms with Gasteiger partial charge in [0.15, 0.2) is 11.5 Å². The molecule has 7 nitrogen and oxygen atoms in total. The number of piperidine rings is 1. The second kappa shape index (κ2) is 10.8. The summed E-state index contributed by atoms with van der Waals surface area (Å²) in [4.78, 5) is 27.7. The summed E-state index contributed by atoms with van der Waals surface area (Å²) in [6.45, 7) is 1.83. The predicted molar refractivity (Wildman–Crippen MR) is 119 cm³/mol. The number of hydrogen-bond acceptors (Lipinski definition) is 5. The number of methoxy groups -OCH3 is 2. The largest absolute Gasteiger partial charge is 0.493 e. The number of likely N-dealkylation sites (tertiary alicyclic amines) is 1. The van der Waals surface area contributed by atoms with Crippen molar-refractivity contribution in [2.45, 2.75) is 25.8 Å². The normalized spacial score (nSPS) is 13.2. The van der Waals surface area contributed by atoms with E-state index in [-0.39, 0.29) is 24.2 Å². The number of nitrogens with zero attached hydrogens (tertiary/aromatic N) is 1. The molecule has 1 aliphatic heterocycles. The van der Waals surface area contributed by atoms with Crippen LogP contribution in [0.2, 0.25) is 0 Å². The summed E-state index contributed by atoms with van der Waals surface area (Å²) in [5.74, 6) is 0.447. The third-order valence-electron chi connectivity index (χ3n) is 5.10. The Balaban J connectivity index is 0.00000320. The van der Waals surface area contributed by atoms with E-state index in [0.717, 1.165) is 24.8 Å². The van der Waals surface area contributed by atoms with Crippen molar-refractivity contribution in [2.75, 3.05) is 32.6 Å². The minimum absolute atomic E-state index is 0. The lowest BCUT2D eigenvalue weighted by molar-refractivity contribution is 0.0725. The monoisotopic (exact) mass is 433 g/mol. The van der Waals surface area contributed by atoms with Gasteiger partial charge in [0.25, 0.3) is 11.8 Å². The highest BCUT2D eigenvalue weighted by Crippen LogP contribution is 2.34. The number of benzene rings is 2. The van der Waals surface area contributed by atoms with E-state index in [1.807, 2.05) is 17.0 Å². The quantitative estimate of drug-likeness (QED) is 0.727. The molecule has 30 heavy (non-hydrogen) atoms. The van der Waals surface area contributed by atoms with Crippen LogP contribution in [0.25, 0.3) is 0 Å². The Labute approximate surface area is 182 Å². The number of amides is 2. The number of halogens is 1. The molecule has 2 amide bonds. The molecule has 2 aromatic carbocycles. The molecule has 2 aromatic rings. The Hall–Kier alpha value is -2.77. The fourth-order valence-electron chi connectivity index (χ4n) is 3.41. The molecule has 8 heteroatoms. The Morgan fingerprint density at radius 2 is 1.60 bits per heavy atom. The lowest BCUT2D eigenvalue weighted by Crippen LogP contribution is -2.36. The van der Waals surface area contributed by atoms with E-state index in [1.54, 1.807) is 24.3 Å². The van der Waals surface area contributed by atoms with Gasteiger partial charge in [-0.15, -0.1) is 12.4 Å². The molecule has 1 aliphatic rings. The van der Waals surface area contributed by atoms with Gasteiger partial charge in [0.05, 0.1) is 25.5 Å². The summed E-state index contributed by atoms with van der Waals surface area (Å²) < 4.78 is 10.7. The second-order valence-corrected chi connectivity index (χ2v) is 6.96. The number of nitrogens with one attached hydrogen (secondary N) is 1. The van der Waals surface area contributed by atoms with E-state index in [1.165, 1.54) is 14.2 Å². The molecule has 0 saturated carbocycles. The lowest BCUT2D eigenvalue weighted by atomic mass is 10.1. The molecule has 1 heterocycles. The van der Waals surface area contributed by atoms with E-state index in [9.17, 15) is 9.59 Å². The number of nitrogens with two attached hydrogens (primary N) is 1. The fourth-order valence-corrected chi connectivity index (χ4v) is 3.41. The number of carbonyl (C=O) groups excluding carboxylic acids is 2. The zero-order valence-electron chi connectivity index (χ0n) is 17.3. The van der Waals surface area contributed by atoms with Gasteiger partial charge in [-0.25, -0.2) is 0 Å². The highest BCUT2D eigenvalue weighted by molar-refractivity contribution is 6.09. The Morgan fingerprint density at radius 1 is 1.00 bits per heavy atom. The molecule has 1 saturated heterocycles. The van der Waals surface area contributed by atoms with Crippen LogP contribution in [0.3, 0.4) is 0 Å². The Bertz CT molecular complexity index is 881. The summed E-state index contributed by atoms with van der Waals surface area (Å²) in [6, 6.07) is 10.3. The van der Waals surface area contributed by atoms with Gasteiger partial charge in [-0.05, 0) is 43.0 Å². The maximum absolute atomic E-state index is 13.2. The topological polar surface area (TPSA) is 93.9 Å². The third kappa shape index (κ3) is 5.23. The fraction of sp³-hybridized carbons (Fsp3) is 0.364. The molecule has 1 fully saturated rings. The molecule has 0 spiro atoms. The maximum Gasteiger partial charge on any atom is 0.256 e. The summed E-state index contributed by atoms with van der Waals surface area (Å²) in [6.07, 6.45) is 3.08. The number of hydrogen-bond donors (Lipinski definition) is 2. The first-order valence-electron chi connectivity index (χ1n) is 9.73. The van der Waals surface area contributed by atoms with Gasteiger partial charge in [0, 0.05) is 31.3 Å². The van der Waals surface area contributed by atoms with Gasteiger partial charge in [0.2, 0.25) is 0 Å². The average molecular weight is 434 g/mol. The summed E-state index contributed by atoms with van der Waals surface area (Å²) in [5.41, 5.74) is 7.81. The van der Waals surface area contributed by atoms with Crippen molar-refractivity contribution < 1.29 is 19.1 Å². The van der Waals surface area contributed by atoms with Gasteiger partial charge in [-0.2, -0.15) is 0 Å². The summed E-state index contributed by atoms with van der Waals surface area (Å²) in [7, 11) is 3.03. The summed E-state index contributed by atoms with van der Waals surface area (Å²) >= 11 is 0. The summed E-state index contributed by atoms with van der Waals surface area (Å²) in [5, 5.41) is 2.86. The Morgan fingerprint density at radius 3 is 2.17 bits per heavy atom. The highest BCUT2D eigenvalue weighted by Gasteiger charge is 2.24. The van der Waals surface area contributed by atoms with Crippen LogP contribution in [0.4, 0.5) is 5.69 Å². The molecule has 0 unspecified atom stereocenters. The van der Waals surface area contributed by atoms with Crippen LogP contribution >= 0.6 is 12.4 Å². The number of carbonyl (C=O) groups is 2. The molecule has 0 atom stereocenters. The van der Waals surface area contributed by atoms with Crippen molar-refractivity contribution in [1.29, 1.82) is 0 Å². The second-order valence-electron chi connectivity index (χ2n) is 6.96.